The number of ether oxygens (including phenoxy) is 1. The summed E-state index contributed by atoms with van der Waals surface area (Å²) in [5.41, 5.74) is -0.244. The molecule has 0 saturated heterocycles. The van der Waals surface area contributed by atoms with E-state index in [1.165, 1.54) is 7.11 Å². The Morgan fingerprint density at radius 1 is 1.56 bits per heavy atom. The van der Waals surface area contributed by atoms with E-state index < -0.39 is 18.2 Å². The molecular weight excluding hydrogens is 240 g/mol. The smallest absolute Gasteiger partial charge is 0.344 e. The fourth-order valence-electron chi connectivity index (χ4n) is 1.45. The Kier molecular flexibility index (Phi) is 3.09. The lowest BCUT2D eigenvalue weighted by Crippen LogP contribution is -2.22. The van der Waals surface area contributed by atoms with Crippen LogP contribution in [0.5, 0.6) is 5.88 Å². The van der Waals surface area contributed by atoms with E-state index in [9.17, 15) is 9.59 Å². The van der Waals surface area contributed by atoms with E-state index >= 15 is 0 Å². The van der Waals surface area contributed by atoms with Crippen LogP contribution < -0.4 is 10.4 Å². The van der Waals surface area contributed by atoms with Crippen molar-refractivity contribution in [2.45, 2.75) is 6.54 Å². The maximum atomic E-state index is 11.4. The van der Waals surface area contributed by atoms with Gasteiger partial charge in [0, 0.05) is 6.07 Å². The second-order valence-electron chi connectivity index (χ2n) is 3.40. The minimum Gasteiger partial charge on any atom is -0.481 e. The fourth-order valence-corrected chi connectivity index (χ4v) is 1.45. The molecular formula is C10H10N4O4. The molecule has 94 valence electrons. The van der Waals surface area contributed by atoms with Gasteiger partial charge in [-0.05, 0) is 6.07 Å². The summed E-state index contributed by atoms with van der Waals surface area (Å²) in [6.07, 6.45) is 0. The summed E-state index contributed by atoms with van der Waals surface area (Å²) >= 11 is 0. The predicted octanol–water partition coefficient (Wildman–Crippen LogP) is -0.273. The van der Waals surface area contributed by atoms with Crippen molar-refractivity contribution in [1.29, 1.82) is 0 Å². The maximum absolute atomic E-state index is 11.4. The van der Waals surface area contributed by atoms with Crippen LogP contribution in [0.3, 0.4) is 0 Å². The minimum atomic E-state index is -1.14. The topological polar surface area (TPSA) is 110 Å². The van der Waals surface area contributed by atoms with Crippen LogP contribution in [0.4, 0.5) is 0 Å². The van der Waals surface area contributed by atoms with Crippen LogP contribution in [0, 0.1) is 0 Å². The number of nitrogens with one attached hydrogen (secondary N) is 1. The minimum absolute atomic E-state index is 0.154. The summed E-state index contributed by atoms with van der Waals surface area (Å²) in [5.74, 6) is -0.631. The average Bonchev–Trinajstić information content (AvgIpc) is 2.71. The summed E-state index contributed by atoms with van der Waals surface area (Å²) < 4.78 is 5.94. The molecule has 0 atom stereocenters. The highest BCUT2D eigenvalue weighted by atomic mass is 16.5. The molecule has 2 heterocycles. The van der Waals surface area contributed by atoms with Crippen LogP contribution >= 0.6 is 0 Å². The van der Waals surface area contributed by atoms with Gasteiger partial charge in [0.25, 0.3) is 0 Å². The average molecular weight is 250 g/mol. The standard InChI is InChI=1S/C10H10N4O4/c1-18-7-4-2-3-6(11-7)9-12-13-10(17)14(9)5-8(15)16/h2-4H,5H2,1H3,(H,13,17)(H,15,16). The molecule has 0 radical (unpaired) electrons. The van der Waals surface area contributed by atoms with Crippen molar-refractivity contribution in [3.05, 3.63) is 28.7 Å². The third kappa shape index (κ3) is 2.21. The van der Waals surface area contributed by atoms with Gasteiger partial charge >= 0.3 is 11.7 Å². The molecule has 0 amide bonds. The number of methoxy groups -OCH3 is 1. The lowest BCUT2D eigenvalue weighted by atomic mass is 10.3. The molecule has 2 N–H and O–H groups in total. The summed E-state index contributed by atoms with van der Waals surface area (Å²) in [7, 11) is 1.46. The molecule has 2 rings (SSSR count). The third-order valence-electron chi connectivity index (χ3n) is 2.21. The van der Waals surface area contributed by atoms with Crippen molar-refractivity contribution in [3.8, 4) is 17.4 Å². The first-order valence-corrected chi connectivity index (χ1v) is 5.00. The number of carboxylic acid groups (broad SMARTS) is 1. The van der Waals surface area contributed by atoms with Crippen LogP contribution in [0.1, 0.15) is 0 Å². The summed E-state index contributed by atoms with van der Waals surface area (Å²) in [4.78, 5) is 26.2. The number of rotatable bonds is 4. The van der Waals surface area contributed by atoms with E-state index in [1.807, 2.05) is 0 Å². The Morgan fingerprint density at radius 3 is 3.00 bits per heavy atom. The van der Waals surface area contributed by atoms with E-state index in [2.05, 4.69) is 15.2 Å². The van der Waals surface area contributed by atoms with Gasteiger partial charge in [-0.2, -0.15) is 5.10 Å². The van der Waals surface area contributed by atoms with Crippen molar-refractivity contribution >= 4 is 5.97 Å². The number of carbonyl (C=O) groups is 1. The number of aromatic nitrogens is 4. The molecule has 0 aliphatic rings. The third-order valence-corrected chi connectivity index (χ3v) is 2.21. The molecule has 0 aliphatic carbocycles. The van der Waals surface area contributed by atoms with Gasteiger partial charge in [-0.25, -0.2) is 14.9 Å². The number of hydrogen-bond acceptors (Lipinski definition) is 5. The molecule has 2 aromatic rings. The summed E-state index contributed by atoms with van der Waals surface area (Å²) in [5, 5.41) is 14.7. The van der Waals surface area contributed by atoms with Gasteiger partial charge in [-0.15, -0.1) is 0 Å². The Hall–Kier alpha value is -2.64. The molecule has 0 bridgehead atoms. The SMILES string of the molecule is COc1cccc(-c2n[nH]c(=O)n2CC(=O)O)n1. The first-order valence-electron chi connectivity index (χ1n) is 5.00. The molecule has 2 aromatic heterocycles. The highest BCUT2D eigenvalue weighted by molar-refractivity contribution is 5.67. The van der Waals surface area contributed by atoms with Gasteiger partial charge in [0.2, 0.25) is 5.88 Å². The molecule has 8 nitrogen and oxygen atoms in total. The van der Waals surface area contributed by atoms with Gasteiger partial charge < -0.3 is 9.84 Å². The van der Waals surface area contributed by atoms with Gasteiger partial charge in [0.05, 0.1) is 7.11 Å². The van der Waals surface area contributed by atoms with Crippen LogP contribution in [0.2, 0.25) is 0 Å². The maximum Gasteiger partial charge on any atom is 0.344 e. The van der Waals surface area contributed by atoms with Gasteiger partial charge in [-0.1, -0.05) is 6.07 Å². The number of nitrogens with zero attached hydrogens (tertiary/aromatic N) is 3. The number of carboxylic acids is 1. The first kappa shape index (κ1) is 11.8. The zero-order chi connectivity index (χ0) is 13.1. The Morgan fingerprint density at radius 2 is 2.33 bits per heavy atom. The van der Waals surface area contributed by atoms with Gasteiger partial charge in [0.15, 0.2) is 5.82 Å². The van der Waals surface area contributed by atoms with E-state index in [-0.39, 0.29) is 5.82 Å². The number of aromatic amines is 1. The highest BCUT2D eigenvalue weighted by Crippen LogP contribution is 2.15. The van der Waals surface area contributed by atoms with Crippen LogP contribution in [-0.2, 0) is 11.3 Å². The number of H-pyrrole nitrogens is 1. The van der Waals surface area contributed by atoms with Gasteiger partial charge in [-0.3, -0.25) is 9.36 Å². The van der Waals surface area contributed by atoms with Gasteiger partial charge in [0.1, 0.15) is 12.2 Å². The quantitative estimate of drug-likeness (QED) is 0.772. The Balaban J connectivity index is 2.50. The Bertz CT molecular complexity index is 631. The second kappa shape index (κ2) is 4.70. The van der Waals surface area contributed by atoms with Crippen molar-refractivity contribution < 1.29 is 14.6 Å². The van der Waals surface area contributed by atoms with Crippen LogP contribution in [0.15, 0.2) is 23.0 Å². The van der Waals surface area contributed by atoms with Crippen molar-refractivity contribution in [1.82, 2.24) is 19.7 Å². The van der Waals surface area contributed by atoms with E-state index in [0.29, 0.717) is 11.6 Å². The molecule has 0 spiro atoms. The monoisotopic (exact) mass is 250 g/mol. The molecule has 0 aliphatic heterocycles. The fraction of sp³-hybridized carbons (Fsp3) is 0.200. The molecule has 0 unspecified atom stereocenters. The zero-order valence-corrected chi connectivity index (χ0v) is 9.45. The Labute approximate surface area is 101 Å². The normalized spacial score (nSPS) is 10.3. The molecule has 18 heavy (non-hydrogen) atoms. The number of pyridine rings is 1. The first-order chi connectivity index (χ1) is 8.61. The zero-order valence-electron chi connectivity index (χ0n) is 9.45. The van der Waals surface area contributed by atoms with Crippen LogP contribution in [0.25, 0.3) is 11.5 Å². The van der Waals surface area contributed by atoms with E-state index in [0.717, 1.165) is 4.57 Å². The van der Waals surface area contributed by atoms with E-state index in [1.54, 1.807) is 18.2 Å². The number of hydrogen-bond donors (Lipinski definition) is 2. The summed E-state index contributed by atoms with van der Waals surface area (Å²) in [6.45, 7) is -0.483. The van der Waals surface area contributed by atoms with Crippen molar-refractivity contribution in [2.24, 2.45) is 0 Å². The lowest BCUT2D eigenvalue weighted by Gasteiger charge is -2.03. The lowest BCUT2D eigenvalue weighted by molar-refractivity contribution is -0.137. The highest BCUT2D eigenvalue weighted by Gasteiger charge is 2.14. The van der Waals surface area contributed by atoms with Crippen molar-refractivity contribution in [3.63, 3.8) is 0 Å². The largest absolute Gasteiger partial charge is 0.481 e. The summed E-state index contributed by atoms with van der Waals surface area (Å²) in [6, 6.07) is 4.91. The van der Waals surface area contributed by atoms with E-state index in [4.69, 9.17) is 9.84 Å². The molecule has 8 heteroatoms. The van der Waals surface area contributed by atoms with Crippen molar-refractivity contribution in [2.75, 3.05) is 7.11 Å². The number of aliphatic carboxylic acids is 1. The molecule has 0 saturated carbocycles. The molecule has 0 aromatic carbocycles. The predicted molar refractivity (Wildman–Crippen MR) is 60.3 cm³/mol. The van der Waals surface area contributed by atoms with Crippen LogP contribution in [-0.4, -0.2) is 37.9 Å². The second-order valence-corrected chi connectivity index (χ2v) is 3.40. The molecule has 0 fully saturated rings.